The summed E-state index contributed by atoms with van der Waals surface area (Å²) in [7, 11) is 0. The molecule has 0 aromatic heterocycles. The summed E-state index contributed by atoms with van der Waals surface area (Å²) in [5, 5.41) is 9.09. The first-order valence-electron chi connectivity index (χ1n) is 5.60. The lowest BCUT2D eigenvalue weighted by molar-refractivity contribution is 0.0690. The van der Waals surface area contributed by atoms with Gasteiger partial charge in [0.05, 0.1) is 6.61 Å². The van der Waals surface area contributed by atoms with Crippen LogP contribution in [0.4, 0.5) is 0 Å². The molecule has 3 heteroatoms. The van der Waals surface area contributed by atoms with E-state index in [0.29, 0.717) is 24.2 Å². The van der Waals surface area contributed by atoms with Crippen molar-refractivity contribution in [2.24, 2.45) is 5.92 Å². The predicted molar refractivity (Wildman–Crippen MR) is 61.1 cm³/mol. The topological polar surface area (TPSA) is 46.5 Å². The number of hydrogen-bond acceptors (Lipinski definition) is 2. The van der Waals surface area contributed by atoms with Gasteiger partial charge in [0, 0.05) is 0 Å². The van der Waals surface area contributed by atoms with E-state index in [4.69, 9.17) is 9.84 Å². The Hall–Kier alpha value is -1.51. The Bertz CT molecular complexity index is 410. The number of aromatic carboxylic acids is 1. The summed E-state index contributed by atoms with van der Waals surface area (Å²) in [5.74, 6) is 0.566. The molecule has 1 N–H and O–H groups in total. The van der Waals surface area contributed by atoms with Crippen LogP contribution in [0.15, 0.2) is 18.2 Å². The third kappa shape index (κ3) is 1.77. The monoisotopic (exact) mass is 220 g/mol. The molecular formula is C13H16O3. The van der Waals surface area contributed by atoms with Gasteiger partial charge in [-0.05, 0) is 29.9 Å². The summed E-state index contributed by atoms with van der Waals surface area (Å²) < 4.78 is 5.52. The van der Waals surface area contributed by atoms with Gasteiger partial charge in [-0.2, -0.15) is 0 Å². The number of rotatable bonds is 2. The van der Waals surface area contributed by atoms with E-state index in [-0.39, 0.29) is 5.56 Å². The van der Waals surface area contributed by atoms with Gasteiger partial charge in [0.1, 0.15) is 11.3 Å². The van der Waals surface area contributed by atoms with Crippen molar-refractivity contribution >= 4 is 5.97 Å². The van der Waals surface area contributed by atoms with Gasteiger partial charge in [-0.25, -0.2) is 4.79 Å². The SMILES string of the molecule is CC(C)C1CCOc2c(C(=O)O)cccc21. The van der Waals surface area contributed by atoms with E-state index < -0.39 is 5.97 Å². The first-order valence-corrected chi connectivity index (χ1v) is 5.60. The van der Waals surface area contributed by atoms with Crippen molar-refractivity contribution < 1.29 is 14.6 Å². The Kier molecular flexibility index (Phi) is 2.86. The van der Waals surface area contributed by atoms with Crippen molar-refractivity contribution in [1.82, 2.24) is 0 Å². The quantitative estimate of drug-likeness (QED) is 0.833. The molecule has 3 nitrogen and oxygen atoms in total. The number of carboxylic acids is 1. The maximum atomic E-state index is 11.1. The predicted octanol–water partition coefficient (Wildman–Crippen LogP) is 2.91. The third-order valence-corrected chi connectivity index (χ3v) is 3.16. The van der Waals surface area contributed by atoms with Crippen molar-refractivity contribution in [1.29, 1.82) is 0 Å². The Morgan fingerprint density at radius 2 is 2.25 bits per heavy atom. The third-order valence-electron chi connectivity index (χ3n) is 3.16. The molecule has 86 valence electrons. The summed E-state index contributed by atoms with van der Waals surface area (Å²) in [6.07, 6.45) is 0.966. The molecule has 0 spiro atoms. The average Bonchev–Trinajstić information content (AvgIpc) is 2.27. The molecule has 0 saturated carbocycles. The van der Waals surface area contributed by atoms with Crippen LogP contribution in [-0.2, 0) is 0 Å². The minimum Gasteiger partial charge on any atom is -0.492 e. The van der Waals surface area contributed by atoms with E-state index in [0.717, 1.165) is 12.0 Å². The smallest absolute Gasteiger partial charge is 0.339 e. The van der Waals surface area contributed by atoms with Crippen LogP contribution >= 0.6 is 0 Å². The number of carbonyl (C=O) groups is 1. The first-order chi connectivity index (χ1) is 7.61. The van der Waals surface area contributed by atoms with Gasteiger partial charge in [0.25, 0.3) is 0 Å². The van der Waals surface area contributed by atoms with Crippen LogP contribution in [0.1, 0.15) is 42.1 Å². The number of hydrogen-bond donors (Lipinski definition) is 1. The molecule has 0 fully saturated rings. The second-order valence-corrected chi connectivity index (χ2v) is 4.52. The second-order valence-electron chi connectivity index (χ2n) is 4.52. The van der Waals surface area contributed by atoms with E-state index >= 15 is 0 Å². The fraction of sp³-hybridized carbons (Fsp3) is 0.462. The lowest BCUT2D eigenvalue weighted by Crippen LogP contribution is -2.20. The first kappa shape index (κ1) is 11.0. The van der Waals surface area contributed by atoms with Crippen LogP contribution in [0, 0.1) is 5.92 Å². The molecule has 2 rings (SSSR count). The molecule has 1 atom stereocenters. The van der Waals surface area contributed by atoms with Crippen LogP contribution < -0.4 is 4.74 Å². The minimum atomic E-state index is -0.916. The molecule has 0 amide bonds. The minimum absolute atomic E-state index is 0.280. The standard InChI is InChI=1S/C13H16O3/c1-8(2)9-6-7-16-12-10(9)4-3-5-11(12)13(14)15/h3-5,8-9H,6-7H2,1-2H3,(H,14,15). The zero-order valence-electron chi connectivity index (χ0n) is 9.56. The lowest BCUT2D eigenvalue weighted by atomic mass is 9.83. The number of benzene rings is 1. The molecule has 1 aromatic carbocycles. The summed E-state index contributed by atoms with van der Waals surface area (Å²) >= 11 is 0. The van der Waals surface area contributed by atoms with Crippen LogP contribution in [-0.4, -0.2) is 17.7 Å². The van der Waals surface area contributed by atoms with Crippen molar-refractivity contribution in [3.05, 3.63) is 29.3 Å². The van der Waals surface area contributed by atoms with E-state index in [1.54, 1.807) is 12.1 Å². The molecule has 1 aliphatic rings. The number of carboxylic acid groups (broad SMARTS) is 1. The number of para-hydroxylation sites is 1. The van der Waals surface area contributed by atoms with Gasteiger partial charge in [0.15, 0.2) is 0 Å². The molecular weight excluding hydrogens is 204 g/mol. The molecule has 1 aromatic rings. The van der Waals surface area contributed by atoms with E-state index in [9.17, 15) is 4.79 Å². The van der Waals surface area contributed by atoms with Gasteiger partial charge in [-0.1, -0.05) is 26.0 Å². The molecule has 0 bridgehead atoms. The Balaban J connectivity index is 2.50. The zero-order chi connectivity index (χ0) is 11.7. The summed E-state index contributed by atoms with van der Waals surface area (Å²) in [5.41, 5.74) is 1.32. The van der Waals surface area contributed by atoms with Crippen LogP contribution in [0.2, 0.25) is 0 Å². The average molecular weight is 220 g/mol. The highest BCUT2D eigenvalue weighted by molar-refractivity contribution is 5.91. The Morgan fingerprint density at radius 3 is 2.88 bits per heavy atom. The van der Waals surface area contributed by atoms with Gasteiger partial charge in [-0.3, -0.25) is 0 Å². The van der Waals surface area contributed by atoms with Crippen molar-refractivity contribution in [2.75, 3.05) is 6.61 Å². The molecule has 0 aliphatic carbocycles. The molecule has 0 radical (unpaired) electrons. The maximum Gasteiger partial charge on any atom is 0.339 e. The highest BCUT2D eigenvalue weighted by atomic mass is 16.5. The zero-order valence-corrected chi connectivity index (χ0v) is 9.56. The van der Waals surface area contributed by atoms with Gasteiger partial charge >= 0.3 is 5.97 Å². The van der Waals surface area contributed by atoms with Crippen molar-refractivity contribution in [3.8, 4) is 5.75 Å². The van der Waals surface area contributed by atoms with Crippen molar-refractivity contribution in [3.63, 3.8) is 0 Å². The largest absolute Gasteiger partial charge is 0.492 e. The number of fused-ring (bicyclic) bond motifs is 1. The fourth-order valence-corrected chi connectivity index (χ4v) is 2.31. The Labute approximate surface area is 95.0 Å². The van der Waals surface area contributed by atoms with Crippen LogP contribution in [0.25, 0.3) is 0 Å². The fourth-order valence-electron chi connectivity index (χ4n) is 2.31. The second kappa shape index (κ2) is 4.16. The highest BCUT2D eigenvalue weighted by Gasteiger charge is 2.27. The molecule has 1 unspecified atom stereocenters. The molecule has 1 aliphatic heterocycles. The van der Waals surface area contributed by atoms with E-state index in [1.165, 1.54) is 0 Å². The molecule has 16 heavy (non-hydrogen) atoms. The van der Waals surface area contributed by atoms with Gasteiger partial charge in [0.2, 0.25) is 0 Å². The maximum absolute atomic E-state index is 11.1. The van der Waals surface area contributed by atoms with Crippen LogP contribution in [0.5, 0.6) is 5.75 Å². The van der Waals surface area contributed by atoms with Crippen molar-refractivity contribution in [2.45, 2.75) is 26.2 Å². The van der Waals surface area contributed by atoms with E-state index in [1.807, 2.05) is 6.07 Å². The van der Waals surface area contributed by atoms with Crippen LogP contribution in [0.3, 0.4) is 0 Å². The molecule has 1 heterocycles. The Morgan fingerprint density at radius 1 is 1.50 bits per heavy atom. The van der Waals surface area contributed by atoms with Gasteiger partial charge in [-0.15, -0.1) is 0 Å². The summed E-state index contributed by atoms with van der Waals surface area (Å²) in [6, 6.07) is 5.38. The van der Waals surface area contributed by atoms with Gasteiger partial charge < -0.3 is 9.84 Å². The normalized spacial score (nSPS) is 19.1. The summed E-state index contributed by atoms with van der Waals surface area (Å²) in [4.78, 5) is 11.1. The summed E-state index contributed by atoms with van der Waals surface area (Å²) in [6.45, 7) is 4.93. The molecule has 0 saturated heterocycles. The number of ether oxygens (including phenoxy) is 1. The lowest BCUT2D eigenvalue weighted by Gasteiger charge is -2.29. The highest BCUT2D eigenvalue weighted by Crippen LogP contribution is 2.39. The van der Waals surface area contributed by atoms with E-state index in [2.05, 4.69) is 13.8 Å².